The van der Waals surface area contributed by atoms with Crippen molar-refractivity contribution < 1.29 is 9.90 Å². The van der Waals surface area contributed by atoms with Crippen LogP contribution in [0.25, 0.3) is 0 Å². The zero-order chi connectivity index (χ0) is 17.9. The first-order valence-electron chi connectivity index (χ1n) is 9.55. The van der Waals surface area contributed by atoms with E-state index in [-0.39, 0.29) is 11.5 Å². The summed E-state index contributed by atoms with van der Waals surface area (Å²) in [5.41, 5.74) is 1.28. The molecule has 25 heavy (non-hydrogen) atoms. The maximum absolute atomic E-state index is 11.6. The van der Waals surface area contributed by atoms with Crippen molar-refractivity contribution in [1.29, 1.82) is 0 Å². The van der Waals surface area contributed by atoms with E-state index in [2.05, 4.69) is 33.6 Å². The average molecular weight is 346 g/mol. The van der Waals surface area contributed by atoms with Crippen LogP contribution in [0.3, 0.4) is 0 Å². The number of aryl methyl sites for hydroxylation is 1. The van der Waals surface area contributed by atoms with Crippen LogP contribution >= 0.6 is 0 Å². The highest BCUT2D eigenvalue weighted by Gasteiger charge is 2.47. The molecule has 0 aliphatic carbocycles. The summed E-state index contributed by atoms with van der Waals surface area (Å²) in [5, 5.41) is 9.55. The Balaban J connectivity index is 1.58. The zero-order valence-corrected chi connectivity index (χ0v) is 15.4. The van der Waals surface area contributed by atoms with E-state index in [1.54, 1.807) is 0 Å². The van der Waals surface area contributed by atoms with Crippen molar-refractivity contribution in [2.45, 2.75) is 58.5 Å². The number of rotatable bonds is 6. The van der Waals surface area contributed by atoms with E-state index in [1.807, 2.05) is 12.3 Å². The summed E-state index contributed by atoms with van der Waals surface area (Å²) >= 11 is 0. The maximum Gasteiger partial charge on any atom is 0.320 e. The Morgan fingerprint density at radius 3 is 2.76 bits per heavy atom. The topological polar surface area (TPSA) is 69.6 Å². The van der Waals surface area contributed by atoms with E-state index in [0.29, 0.717) is 0 Å². The van der Waals surface area contributed by atoms with Gasteiger partial charge in [-0.25, -0.2) is 9.97 Å². The van der Waals surface area contributed by atoms with E-state index >= 15 is 0 Å². The van der Waals surface area contributed by atoms with Gasteiger partial charge in [-0.15, -0.1) is 0 Å². The molecule has 1 aromatic heterocycles. The highest BCUT2D eigenvalue weighted by molar-refractivity contribution is 5.74. The summed E-state index contributed by atoms with van der Waals surface area (Å²) in [7, 11) is 0. The summed E-state index contributed by atoms with van der Waals surface area (Å²) in [6, 6.07) is 1.71. The molecule has 6 nitrogen and oxygen atoms in total. The molecule has 3 rings (SSSR count). The van der Waals surface area contributed by atoms with E-state index in [4.69, 9.17) is 0 Å². The Morgan fingerprint density at radius 1 is 1.36 bits per heavy atom. The van der Waals surface area contributed by atoms with Crippen LogP contribution in [0.15, 0.2) is 12.3 Å². The Kier molecular flexibility index (Phi) is 5.69. The van der Waals surface area contributed by atoms with Crippen LogP contribution in [0.4, 0.5) is 0 Å². The molecule has 2 saturated heterocycles. The fourth-order valence-electron chi connectivity index (χ4n) is 4.39. The second kappa shape index (κ2) is 7.79. The molecular weight excluding hydrogens is 316 g/mol. The first-order chi connectivity index (χ1) is 12.0. The Hall–Kier alpha value is -1.53. The van der Waals surface area contributed by atoms with Crippen molar-refractivity contribution in [1.82, 2.24) is 19.8 Å². The lowest BCUT2D eigenvalue weighted by Crippen LogP contribution is -2.41. The summed E-state index contributed by atoms with van der Waals surface area (Å²) in [5.74, 6) is 0.252. The molecule has 0 radical (unpaired) electrons. The molecule has 0 saturated carbocycles. The smallest absolute Gasteiger partial charge is 0.320 e. The normalized spacial score (nSPS) is 24.0. The monoisotopic (exact) mass is 346 g/mol. The highest BCUT2D eigenvalue weighted by Crippen LogP contribution is 2.43. The van der Waals surface area contributed by atoms with Gasteiger partial charge in [0.25, 0.3) is 0 Å². The van der Waals surface area contributed by atoms with Gasteiger partial charge in [-0.3, -0.25) is 14.6 Å². The molecule has 6 heteroatoms. The van der Waals surface area contributed by atoms with E-state index in [0.717, 1.165) is 76.3 Å². The van der Waals surface area contributed by atoms with Gasteiger partial charge >= 0.3 is 5.97 Å². The number of aromatic nitrogens is 2. The van der Waals surface area contributed by atoms with E-state index < -0.39 is 5.97 Å². The van der Waals surface area contributed by atoms with Crippen molar-refractivity contribution in [3.05, 3.63) is 23.8 Å². The first-order valence-corrected chi connectivity index (χ1v) is 9.55. The van der Waals surface area contributed by atoms with Gasteiger partial charge in [0.1, 0.15) is 11.9 Å². The maximum atomic E-state index is 11.6. The fraction of sp³-hybridized carbons (Fsp3) is 0.737. The van der Waals surface area contributed by atoms with Gasteiger partial charge in [-0.1, -0.05) is 13.8 Å². The van der Waals surface area contributed by atoms with Gasteiger partial charge in [-0.05, 0) is 56.8 Å². The number of likely N-dealkylation sites (tertiary alicyclic amines) is 2. The van der Waals surface area contributed by atoms with Crippen molar-refractivity contribution in [2.24, 2.45) is 5.41 Å². The molecule has 0 amide bonds. The second-order valence-electron chi connectivity index (χ2n) is 7.62. The fourth-order valence-corrected chi connectivity index (χ4v) is 4.39. The summed E-state index contributed by atoms with van der Waals surface area (Å²) in [6.07, 6.45) is 6.71. The minimum atomic E-state index is -0.652. The van der Waals surface area contributed by atoms with Gasteiger partial charge in [0.15, 0.2) is 0 Å². The number of hydrogen-bond donors (Lipinski definition) is 1. The molecule has 1 spiro atoms. The SMILES string of the molecule is CCCN1CC2(CCN(Cc3ccnc(CC)n3)CC2)CC1C(=O)O. The molecular formula is C19H30N4O2. The number of aliphatic carboxylic acids is 1. The Bertz CT molecular complexity index is 599. The molecule has 0 bridgehead atoms. The molecule has 2 aliphatic rings. The Labute approximate surface area is 150 Å². The van der Waals surface area contributed by atoms with Crippen LogP contribution in [0.2, 0.25) is 0 Å². The van der Waals surface area contributed by atoms with Crippen LogP contribution in [0.1, 0.15) is 51.0 Å². The third-order valence-corrected chi connectivity index (χ3v) is 5.78. The van der Waals surface area contributed by atoms with Crippen LogP contribution < -0.4 is 0 Å². The molecule has 1 atom stereocenters. The van der Waals surface area contributed by atoms with Crippen LogP contribution in [0.5, 0.6) is 0 Å². The Morgan fingerprint density at radius 2 is 2.12 bits per heavy atom. The molecule has 1 unspecified atom stereocenters. The van der Waals surface area contributed by atoms with Crippen LogP contribution in [-0.2, 0) is 17.8 Å². The van der Waals surface area contributed by atoms with E-state index in [1.165, 1.54) is 0 Å². The van der Waals surface area contributed by atoms with Crippen molar-refractivity contribution in [2.75, 3.05) is 26.2 Å². The number of carboxylic acids is 1. The summed E-state index contributed by atoms with van der Waals surface area (Å²) in [4.78, 5) is 25.1. The molecule has 2 fully saturated rings. The first kappa shape index (κ1) is 18.3. The number of carboxylic acid groups (broad SMARTS) is 1. The number of hydrogen-bond acceptors (Lipinski definition) is 5. The van der Waals surface area contributed by atoms with Crippen molar-refractivity contribution in [3.8, 4) is 0 Å². The third-order valence-electron chi connectivity index (χ3n) is 5.78. The highest BCUT2D eigenvalue weighted by atomic mass is 16.4. The lowest BCUT2D eigenvalue weighted by molar-refractivity contribution is -0.142. The largest absolute Gasteiger partial charge is 0.480 e. The van der Waals surface area contributed by atoms with Gasteiger partial charge in [0.2, 0.25) is 0 Å². The van der Waals surface area contributed by atoms with Gasteiger partial charge in [-0.2, -0.15) is 0 Å². The van der Waals surface area contributed by atoms with Gasteiger partial charge < -0.3 is 5.11 Å². The zero-order valence-electron chi connectivity index (χ0n) is 15.4. The molecule has 3 heterocycles. The quantitative estimate of drug-likeness (QED) is 0.851. The summed E-state index contributed by atoms with van der Waals surface area (Å²) in [6.45, 7) is 8.95. The predicted molar refractivity (Wildman–Crippen MR) is 96.3 cm³/mol. The number of piperidine rings is 1. The lowest BCUT2D eigenvalue weighted by Gasteiger charge is -2.39. The van der Waals surface area contributed by atoms with Crippen LogP contribution in [-0.4, -0.2) is 63.1 Å². The van der Waals surface area contributed by atoms with E-state index in [9.17, 15) is 9.90 Å². The third kappa shape index (κ3) is 4.18. The summed E-state index contributed by atoms with van der Waals surface area (Å²) < 4.78 is 0. The van der Waals surface area contributed by atoms with Crippen molar-refractivity contribution in [3.63, 3.8) is 0 Å². The standard InChI is InChI=1S/C19H30N4O2/c1-3-9-23-14-19(12-16(23)18(24)25)6-10-22(11-7-19)13-15-5-8-20-17(4-2)21-15/h5,8,16H,3-4,6-7,9-14H2,1-2H3,(H,24,25). The second-order valence-corrected chi connectivity index (χ2v) is 7.62. The van der Waals surface area contributed by atoms with Gasteiger partial charge in [0.05, 0.1) is 5.69 Å². The van der Waals surface area contributed by atoms with Crippen LogP contribution in [0, 0.1) is 5.41 Å². The molecule has 138 valence electrons. The average Bonchev–Trinajstić information content (AvgIpc) is 2.96. The molecule has 2 aliphatic heterocycles. The molecule has 0 aromatic carbocycles. The minimum Gasteiger partial charge on any atom is -0.480 e. The molecule has 1 N–H and O–H groups in total. The van der Waals surface area contributed by atoms with Gasteiger partial charge in [0, 0.05) is 25.7 Å². The van der Waals surface area contributed by atoms with Crippen molar-refractivity contribution >= 4 is 5.97 Å². The molecule has 1 aromatic rings. The predicted octanol–water partition coefficient (Wildman–Crippen LogP) is 2.19. The minimum absolute atomic E-state index is 0.189. The number of nitrogens with zero attached hydrogens (tertiary/aromatic N) is 4. The lowest BCUT2D eigenvalue weighted by atomic mass is 9.76. The number of carbonyl (C=O) groups is 1.